The van der Waals surface area contributed by atoms with E-state index < -0.39 is 6.48 Å². The van der Waals surface area contributed by atoms with Gasteiger partial charge in [-0.2, -0.15) is 0 Å². The number of hydrogen-bond donors (Lipinski definition) is 0. The molecule has 0 aliphatic rings. The van der Waals surface area contributed by atoms with Crippen LogP contribution in [0.4, 0.5) is 0 Å². The molecule has 0 fully saturated rings. The maximum atomic E-state index is 11.9. The highest BCUT2D eigenvalue weighted by molar-refractivity contribution is 9.10. The summed E-state index contributed by atoms with van der Waals surface area (Å²) >= 11 is 3.31. The number of hydrazine groups is 2. The topological polar surface area (TPSA) is 111 Å². The Kier molecular flexibility index (Phi) is 10.0. The monoisotopic (exact) mass is 448 g/mol. The Morgan fingerprint density at radius 1 is 0.889 bits per heavy atom. The van der Waals surface area contributed by atoms with Crippen LogP contribution in [0.2, 0.25) is 0 Å². The number of ether oxygens (including phenoxy) is 1. The van der Waals surface area contributed by atoms with Crippen molar-refractivity contribution in [1.29, 1.82) is 0 Å². The van der Waals surface area contributed by atoms with Crippen LogP contribution in [0.1, 0.15) is 27.7 Å². The van der Waals surface area contributed by atoms with Gasteiger partial charge in [-0.25, -0.2) is 0 Å². The van der Waals surface area contributed by atoms with Gasteiger partial charge in [0.15, 0.2) is 0 Å². The van der Waals surface area contributed by atoms with Gasteiger partial charge in [-0.3, -0.25) is 9.68 Å². The molecule has 1 rings (SSSR count). The lowest BCUT2D eigenvalue weighted by Crippen LogP contribution is -2.32. The number of hydrogen-bond acceptors (Lipinski definition) is 7. The molecule has 0 saturated carbocycles. The molecule has 0 aliphatic carbocycles. The largest absolute Gasteiger partial charge is 0.569 e. The van der Waals surface area contributed by atoms with Crippen LogP contribution in [0.3, 0.4) is 0 Å². The molecule has 0 radical (unpaired) electrons. The van der Waals surface area contributed by atoms with Gasteiger partial charge >= 0.3 is 6.48 Å². The molecule has 0 saturated heterocycles. The molecule has 27 heavy (non-hydrogen) atoms. The van der Waals surface area contributed by atoms with Gasteiger partial charge in [0.25, 0.3) is 0 Å². The maximum absolute atomic E-state index is 11.9. The van der Waals surface area contributed by atoms with Gasteiger partial charge in [0.2, 0.25) is 10.6 Å². The summed E-state index contributed by atoms with van der Waals surface area (Å²) in [6, 6.07) is 6.77. The van der Waals surface area contributed by atoms with Gasteiger partial charge in [0.05, 0.1) is 36.1 Å². The van der Waals surface area contributed by atoms with Crippen molar-refractivity contribution >= 4 is 15.9 Å². The first-order valence-corrected chi connectivity index (χ1v) is 9.34. The molecule has 11 nitrogen and oxygen atoms in total. The van der Waals surface area contributed by atoms with Gasteiger partial charge in [0, 0.05) is 4.47 Å². The quantitative estimate of drug-likeness (QED) is 0.208. The zero-order valence-corrected chi connectivity index (χ0v) is 17.4. The summed E-state index contributed by atoms with van der Waals surface area (Å²) in [7, 11) is 0. The van der Waals surface area contributed by atoms with Crippen molar-refractivity contribution in [2.45, 2.75) is 34.2 Å². The molecule has 0 aromatic heterocycles. The molecule has 12 heteroatoms. The van der Waals surface area contributed by atoms with E-state index in [-0.39, 0.29) is 9.94 Å². The van der Waals surface area contributed by atoms with Crippen molar-refractivity contribution in [2.75, 3.05) is 26.2 Å². The normalized spacial score (nSPS) is 13.1. The van der Waals surface area contributed by atoms with Gasteiger partial charge < -0.3 is 15.2 Å². The lowest BCUT2D eigenvalue weighted by Gasteiger charge is -2.16. The summed E-state index contributed by atoms with van der Waals surface area (Å²) < 4.78 is 6.29. The highest BCUT2D eigenvalue weighted by atomic mass is 79.9. The van der Waals surface area contributed by atoms with Crippen molar-refractivity contribution in [2.24, 2.45) is 10.6 Å². The molecule has 0 N–H and O–H groups in total. The van der Waals surface area contributed by atoms with Gasteiger partial charge in [0.1, 0.15) is 5.75 Å². The Labute approximate surface area is 166 Å². The number of halogens is 1. The van der Waals surface area contributed by atoms with E-state index in [9.17, 15) is 10.4 Å². The molecule has 0 atom stereocenters. The molecule has 1 aromatic rings. The third kappa shape index (κ3) is 7.72. The summed E-state index contributed by atoms with van der Waals surface area (Å²) in [6.07, 6.45) is 0. The van der Waals surface area contributed by atoms with Gasteiger partial charge in [-0.05, 0) is 52.0 Å². The highest BCUT2D eigenvalue weighted by Crippen LogP contribution is 2.18. The van der Waals surface area contributed by atoms with Gasteiger partial charge in [-0.15, -0.1) is 10.0 Å². The molecule has 0 heterocycles. The molecule has 0 aliphatic heterocycles. The fourth-order valence-corrected chi connectivity index (χ4v) is 2.14. The van der Waals surface area contributed by atoms with E-state index >= 15 is 0 Å². The summed E-state index contributed by atoms with van der Waals surface area (Å²) in [5, 5.41) is 33.3. The standard InChI is InChI=1S/C15H25BrN6O5/c1-5-19(6-2)21(23)17-26-15(25-14-11-9-13(16)10-12-14)27-18-22(24)20(7-3)8-4/h9-12,15H,5-8H2,1-4H3. The second-order valence-corrected chi connectivity index (χ2v) is 5.93. The average molecular weight is 449 g/mol. The Bertz CT molecular complexity index is 577. The number of rotatable bonds is 12. The molecule has 1 aromatic carbocycles. The van der Waals surface area contributed by atoms with Crippen LogP contribution in [0.25, 0.3) is 0 Å². The molecular formula is C15H25BrN6O5. The minimum Gasteiger partial charge on any atom is -0.569 e. The highest BCUT2D eigenvalue weighted by Gasteiger charge is 2.20. The minimum atomic E-state index is -1.54. The molecule has 0 bridgehead atoms. The second kappa shape index (κ2) is 12.0. The first-order chi connectivity index (χ1) is 12.9. The van der Waals surface area contributed by atoms with Crippen LogP contribution in [0.5, 0.6) is 5.75 Å². The second-order valence-electron chi connectivity index (χ2n) is 5.02. The van der Waals surface area contributed by atoms with E-state index in [0.29, 0.717) is 31.9 Å². The van der Waals surface area contributed by atoms with E-state index in [1.165, 1.54) is 10.0 Å². The van der Waals surface area contributed by atoms with Crippen molar-refractivity contribution in [3.05, 3.63) is 39.2 Å². The van der Waals surface area contributed by atoms with Crippen molar-refractivity contribution in [3.8, 4) is 5.75 Å². The Balaban J connectivity index is 2.89. The van der Waals surface area contributed by atoms with E-state index in [1.54, 1.807) is 52.0 Å². The van der Waals surface area contributed by atoms with E-state index in [4.69, 9.17) is 14.4 Å². The zero-order chi connectivity index (χ0) is 20.2. The number of benzene rings is 1. The van der Waals surface area contributed by atoms with Crippen LogP contribution in [0.15, 0.2) is 39.3 Å². The van der Waals surface area contributed by atoms with E-state index in [2.05, 4.69) is 26.5 Å². The maximum Gasteiger partial charge on any atom is 0.457 e. The Hall–Kier alpha value is -2.50. The summed E-state index contributed by atoms with van der Waals surface area (Å²) in [5.74, 6) is 0.370. The van der Waals surface area contributed by atoms with E-state index in [0.717, 1.165) is 4.47 Å². The Morgan fingerprint density at radius 3 is 1.67 bits per heavy atom. The van der Waals surface area contributed by atoms with Crippen molar-refractivity contribution < 1.29 is 24.4 Å². The predicted molar refractivity (Wildman–Crippen MR) is 98.7 cm³/mol. The zero-order valence-electron chi connectivity index (χ0n) is 15.8. The molecule has 0 amide bonds. The first kappa shape index (κ1) is 22.5. The van der Waals surface area contributed by atoms with Crippen LogP contribution in [-0.4, -0.2) is 52.6 Å². The van der Waals surface area contributed by atoms with Crippen LogP contribution >= 0.6 is 15.9 Å². The molecule has 0 spiro atoms. The first-order valence-electron chi connectivity index (χ1n) is 8.55. The fourth-order valence-electron chi connectivity index (χ4n) is 1.88. The van der Waals surface area contributed by atoms with Crippen LogP contribution in [0, 0.1) is 10.4 Å². The van der Waals surface area contributed by atoms with Crippen molar-refractivity contribution in [1.82, 2.24) is 10.0 Å². The summed E-state index contributed by atoms with van der Waals surface area (Å²) in [6.45, 7) is 7.40. The number of nitrogens with zero attached hydrogens (tertiary/aromatic N) is 6. The summed E-state index contributed by atoms with van der Waals surface area (Å²) in [5.41, 5.74) is 0. The fraction of sp³-hybridized carbons (Fsp3) is 0.600. The Morgan fingerprint density at radius 2 is 1.30 bits per heavy atom. The van der Waals surface area contributed by atoms with Gasteiger partial charge in [-0.1, -0.05) is 15.9 Å². The van der Waals surface area contributed by atoms with E-state index in [1.807, 2.05) is 0 Å². The smallest absolute Gasteiger partial charge is 0.457 e. The average Bonchev–Trinajstić information content (AvgIpc) is 2.67. The summed E-state index contributed by atoms with van der Waals surface area (Å²) in [4.78, 5) is 10.5. The van der Waals surface area contributed by atoms with Crippen LogP contribution < -0.4 is 4.74 Å². The molecule has 152 valence electrons. The molecular weight excluding hydrogens is 424 g/mol. The predicted octanol–water partition coefficient (Wildman–Crippen LogP) is 3.41. The third-order valence-corrected chi connectivity index (χ3v) is 3.92. The van der Waals surface area contributed by atoms with Crippen molar-refractivity contribution in [3.63, 3.8) is 0 Å². The lowest BCUT2D eigenvalue weighted by atomic mass is 10.3. The lowest BCUT2D eigenvalue weighted by molar-refractivity contribution is -0.723. The third-order valence-electron chi connectivity index (χ3n) is 3.40. The SMILES string of the molecule is CCN(CC)[N+]([O-])=NOC(ON=[N+]([O-])N(CC)CC)Oc1ccc(Br)cc1. The molecule has 0 unspecified atom stereocenters. The minimum absolute atomic E-state index is 0.278. The van der Waals surface area contributed by atoms with Crippen LogP contribution in [-0.2, 0) is 9.68 Å².